The summed E-state index contributed by atoms with van der Waals surface area (Å²) < 4.78 is 37.7. The van der Waals surface area contributed by atoms with Crippen LogP contribution in [0.5, 0.6) is 5.75 Å². The lowest BCUT2D eigenvalue weighted by molar-refractivity contribution is -0.117. The maximum Gasteiger partial charge on any atom is 0.266 e. The third kappa shape index (κ3) is 3.07. The van der Waals surface area contributed by atoms with Crippen LogP contribution in [0.4, 0.5) is 11.5 Å². The molecule has 1 aliphatic rings. The number of aromatic nitrogens is 1. The number of amides is 1. The van der Waals surface area contributed by atoms with Crippen molar-refractivity contribution in [1.82, 2.24) is 5.16 Å². The maximum absolute atomic E-state index is 12.7. The molecule has 1 amide bonds. The Morgan fingerprint density at radius 1 is 1.33 bits per heavy atom. The number of carbonyl (C=O) groups excluding carboxylic acids is 1. The average molecular weight is 351 g/mol. The first kappa shape index (κ1) is 16.3. The highest BCUT2D eigenvalue weighted by atomic mass is 32.2. The second kappa shape index (κ2) is 6.16. The van der Waals surface area contributed by atoms with Gasteiger partial charge in [0.25, 0.3) is 10.0 Å². The number of hydrogen-bond acceptors (Lipinski definition) is 6. The summed E-state index contributed by atoms with van der Waals surface area (Å²) in [6, 6.07) is 6.10. The number of anilines is 2. The number of ether oxygens (including phenoxy) is 1. The Bertz CT molecular complexity index is 875. The molecule has 2 aromatic rings. The van der Waals surface area contributed by atoms with E-state index in [0.29, 0.717) is 24.4 Å². The van der Waals surface area contributed by atoms with Crippen LogP contribution in [0, 0.1) is 6.92 Å². The van der Waals surface area contributed by atoms with Crippen molar-refractivity contribution in [2.24, 2.45) is 0 Å². The molecule has 1 aromatic heterocycles. The second-order valence-electron chi connectivity index (χ2n) is 5.41. The van der Waals surface area contributed by atoms with E-state index < -0.39 is 10.0 Å². The summed E-state index contributed by atoms with van der Waals surface area (Å²) in [6.45, 7) is 2.23. The first-order valence-corrected chi connectivity index (χ1v) is 8.83. The van der Waals surface area contributed by atoms with E-state index in [0.717, 1.165) is 6.42 Å². The van der Waals surface area contributed by atoms with Gasteiger partial charge in [0.05, 0.1) is 7.11 Å². The van der Waals surface area contributed by atoms with Crippen molar-refractivity contribution in [3.8, 4) is 5.75 Å². The van der Waals surface area contributed by atoms with Crippen LogP contribution in [0.15, 0.2) is 33.7 Å². The van der Waals surface area contributed by atoms with E-state index in [1.807, 2.05) is 0 Å². The Hall–Kier alpha value is -2.55. The monoisotopic (exact) mass is 351 g/mol. The van der Waals surface area contributed by atoms with Gasteiger partial charge in [0.15, 0.2) is 5.82 Å². The molecule has 3 rings (SSSR count). The maximum atomic E-state index is 12.7. The summed E-state index contributed by atoms with van der Waals surface area (Å²) >= 11 is 0. The zero-order chi connectivity index (χ0) is 17.3. The zero-order valence-corrected chi connectivity index (χ0v) is 14.1. The van der Waals surface area contributed by atoms with E-state index >= 15 is 0 Å². The fraction of sp³-hybridized carbons (Fsp3) is 0.333. The molecule has 1 aromatic carbocycles. The van der Waals surface area contributed by atoms with E-state index in [9.17, 15) is 13.2 Å². The Morgan fingerprint density at radius 2 is 2.12 bits per heavy atom. The number of nitrogens with zero attached hydrogens (tertiary/aromatic N) is 2. The largest absolute Gasteiger partial charge is 0.495 e. The molecule has 128 valence electrons. The highest BCUT2D eigenvalue weighted by molar-refractivity contribution is 7.92. The molecule has 0 atom stereocenters. The van der Waals surface area contributed by atoms with E-state index in [-0.39, 0.29) is 22.4 Å². The van der Waals surface area contributed by atoms with Crippen LogP contribution in [0.25, 0.3) is 0 Å². The molecule has 0 unspecified atom stereocenters. The molecule has 1 fully saturated rings. The Kier molecular flexibility index (Phi) is 4.18. The molecule has 1 N–H and O–H groups in total. The van der Waals surface area contributed by atoms with Gasteiger partial charge in [-0.1, -0.05) is 5.16 Å². The van der Waals surface area contributed by atoms with Gasteiger partial charge in [-0.2, -0.15) is 0 Å². The van der Waals surface area contributed by atoms with E-state index in [2.05, 4.69) is 9.88 Å². The third-order valence-corrected chi connectivity index (χ3v) is 5.06. The smallest absolute Gasteiger partial charge is 0.266 e. The number of nitrogens with one attached hydrogen (secondary N) is 1. The lowest BCUT2D eigenvalue weighted by atomic mass is 10.3. The van der Waals surface area contributed by atoms with Crippen molar-refractivity contribution < 1.29 is 22.5 Å². The molecule has 0 spiro atoms. The molecule has 8 nitrogen and oxygen atoms in total. The summed E-state index contributed by atoms with van der Waals surface area (Å²) in [5.41, 5.74) is 0.523. The van der Waals surface area contributed by atoms with E-state index in [4.69, 9.17) is 9.26 Å². The van der Waals surface area contributed by atoms with Crippen LogP contribution in [0.2, 0.25) is 0 Å². The lowest BCUT2D eigenvalue weighted by Gasteiger charge is -2.18. The minimum absolute atomic E-state index is 0.0244. The zero-order valence-electron chi connectivity index (χ0n) is 13.3. The minimum Gasteiger partial charge on any atom is -0.495 e. The molecule has 24 heavy (non-hydrogen) atoms. The SMILES string of the molecule is COc1ccc(N2CCCC2=O)cc1S(=O)(=O)Nc1cc(C)on1. The second-order valence-corrected chi connectivity index (χ2v) is 7.06. The van der Waals surface area contributed by atoms with Crippen molar-refractivity contribution >= 4 is 27.4 Å². The fourth-order valence-corrected chi connectivity index (χ4v) is 3.75. The molecular weight excluding hydrogens is 334 g/mol. The van der Waals surface area contributed by atoms with Gasteiger partial charge < -0.3 is 14.2 Å². The van der Waals surface area contributed by atoms with Crippen molar-refractivity contribution in [3.63, 3.8) is 0 Å². The topological polar surface area (TPSA) is 102 Å². The van der Waals surface area contributed by atoms with Gasteiger partial charge >= 0.3 is 0 Å². The highest BCUT2D eigenvalue weighted by Crippen LogP contribution is 2.31. The number of hydrogen-bond donors (Lipinski definition) is 1. The first-order chi connectivity index (χ1) is 11.4. The summed E-state index contributed by atoms with van der Waals surface area (Å²) in [5, 5.41) is 3.62. The van der Waals surface area contributed by atoms with Crippen LogP contribution >= 0.6 is 0 Å². The van der Waals surface area contributed by atoms with Crippen molar-refractivity contribution in [2.75, 3.05) is 23.3 Å². The predicted molar refractivity (Wildman–Crippen MR) is 86.6 cm³/mol. The first-order valence-electron chi connectivity index (χ1n) is 7.35. The van der Waals surface area contributed by atoms with E-state index in [1.54, 1.807) is 17.9 Å². The van der Waals surface area contributed by atoms with Crippen LogP contribution in [-0.4, -0.2) is 33.1 Å². The average Bonchev–Trinajstić information content (AvgIpc) is 3.14. The van der Waals surface area contributed by atoms with Crippen LogP contribution in [-0.2, 0) is 14.8 Å². The van der Waals surface area contributed by atoms with E-state index in [1.165, 1.54) is 25.3 Å². The number of methoxy groups -OCH3 is 1. The van der Waals surface area contributed by atoms with Crippen molar-refractivity contribution in [1.29, 1.82) is 0 Å². The number of carbonyl (C=O) groups is 1. The third-order valence-electron chi connectivity index (χ3n) is 3.69. The summed E-state index contributed by atoms with van der Waals surface area (Å²) in [7, 11) is -2.56. The van der Waals surface area contributed by atoms with Gasteiger partial charge in [0.1, 0.15) is 16.4 Å². The molecule has 0 aliphatic carbocycles. The molecule has 2 heterocycles. The number of rotatable bonds is 5. The minimum atomic E-state index is -3.95. The Labute approximate surface area is 139 Å². The number of aryl methyl sites for hydroxylation is 1. The molecule has 1 saturated heterocycles. The standard InChI is InChI=1S/C15H17N3O5S/c1-10-8-14(16-23-10)17-24(20,21)13-9-11(5-6-12(13)22-2)18-7-3-4-15(18)19/h5-6,8-9H,3-4,7H2,1-2H3,(H,16,17). The Morgan fingerprint density at radius 3 is 2.71 bits per heavy atom. The van der Waals surface area contributed by atoms with Crippen LogP contribution < -0.4 is 14.4 Å². The quantitative estimate of drug-likeness (QED) is 0.883. The Balaban J connectivity index is 1.99. The molecule has 0 saturated carbocycles. The summed E-state index contributed by atoms with van der Waals surface area (Å²) in [4.78, 5) is 13.4. The van der Waals surface area contributed by atoms with Gasteiger partial charge in [-0.15, -0.1) is 0 Å². The number of sulfonamides is 1. The lowest BCUT2D eigenvalue weighted by Crippen LogP contribution is -2.24. The van der Waals surface area contributed by atoms with Crippen molar-refractivity contribution in [3.05, 3.63) is 30.0 Å². The fourth-order valence-electron chi connectivity index (χ4n) is 2.57. The normalized spacial score (nSPS) is 14.9. The van der Waals surface area contributed by atoms with Gasteiger partial charge in [-0.25, -0.2) is 8.42 Å². The van der Waals surface area contributed by atoms with Gasteiger partial charge in [-0.3, -0.25) is 9.52 Å². The molecule has 9 heteroatoms. The predicted octanol–water partition coefficient (Wildman–Crippen LogP) is 1.92. The van der Waals surface area contributed by atoms with Crippen LogP contribution in [0.1, 0.15) is 18.6 Å². The van der Waals surface area contributed by atoms with Crippen molar-refractivity contribution in [2.45, 2.75) is 24.7 Å². The van der Waals surface area contributed by atoms with Crippen LogP contribution in [0.3, 0.4) is 0 Å². The highest BCUT2D eigenvalue weighted by Gasteiger charge is 2.26. The molecular formula is C15H17N3O5S. The van der Waals surface area contributed by atoms with Gasteiger partial charge in [-0.05, 0) is 31.5 Å². The van der Waals surface area contributed by atoms with Gasteiger partial charge in [0, 0.05) is 24.7 Å². The summed E-state index contributed by atoms with van der Waals surface area (Å²) in [5.74, 6) is 0.718. The van der Waals surface area contributed by atoms with Gasteiger partial charge in [0.2, 0.25) is 5.91 Å². The summed E-state index contributed by atoms with van der Waals surface area (Å²) in [6.07, 6.45) is 1.22. The molecule has 0 bridgehead atoms. The molecule has 1 aliphatic heterocycles. The molecule has 0 radical (unpaired) electrons. The number of benzene rings is 1.